The van der Waals surface area contributed by atoms with Crippen LogP contribution in [0.4, 0.5) is 0 Å². The molecule has 0 radical (unpaired) electrons. The molecule has 0 aliphatic carbocycles. The van der Waals surface area contributed by atoms with E-state index >= 15 is 0 Å². The zero-order valence-corrected chi connectivity index (χ0v) is 12.8. The summed E-state index contributed by atoms with van der Waals surface area (Å²) in [5, 5.41) is 0. The van der Waals surface area contributed by atoms with Crippen molar-refractivity contribution in [2.24, 2.45) is 7.05 Å². The van der Waals surface area contributed by atoms with E-state index in [1.54, 1.807) is 6.20 Å². The lowest BCUT2D eigenvalue weighted by Crippen LogP contribution is -2.09. The summed E-state index contributed by atoms with van der Waals surface area (Å²) in [5.74, 6) is 0.0507. The smallest absolute Gasteiger partial charge is 0.209 e. The van der Waals surface area contributed by atoms with Crippen LogP contribution < -0.4 is 0 Å². The molecule has 3 heteroatoms. The average Bonchev–Trinajstić information content (AvgIpc) is 2.89. The Morgan fingerprint density at radius 2 is 1.82 bits per heavy atom. The van der Waals surface area contributed by atoms with E-state index in [9.17, 15) is 4.79 Å². The third-order valence-electron chi connectivity index (χ3n) is 3.86. The van der Waals surface area contributed by atoms with E-state index in [1.807, 2.05) is 73.1 Å². The summed E-state index contributed by atoms with van der Waals surface area (Å²) >= 11 is 0. The molecule has 0 amide bonds. The van der Waals surface area contributed by atoms with Crippen LogP contribution in [0.15, 0.2) is 60.8 Å². The van der Waals surface area contributed by atoms with Crippen molar-refractivity contribution in [3.63, 3.8) is 0 Å². The summed E-state index contributed by atoms with van der Waals surface area (Å²) in [4.78, 5) is 16.9. The van der Waals surface area contributed by atoms with Crippen molar-refractivity contribution in [2.45, 2.75) is 13.3 Å². The Balaban J connectivity index is 1.87. The minimum Gasteiger partial charge on any atom is -0.345 e. The molecule has 3 rings (SSSR count). The van der Waals surface area contributed by atoms with Gasteiger partial charge < -0.3 is 4.57 Å². The molecule has 0 saturated carbocycles. The number of aromatic nitrogens is 2. The number of rotatable bonds is 4. The van der Waals surface area contributed by atoms with Crippen molar-refractivity contribution in [3.05, 3.63) is 89.0 Å². The highest BCUT2D eigenvalue weighted by Crippen LogP contribution is 2.16. The van der Waals surface area contributed by atoms with Crippen LogP contribution >= 0.6 is 0 Å². The van der Waals surface area contributed by atoms with E-state index < -0.39 is 0 Å². The largest absolute Gasteiger partial charge is 0.345 e. The molecule has 3 nitrogen and oxygen atoms in total. The molecule has 0 saturated heterocycles. The molecule has 0 atom stereocenters. The van der Waals surface area contributed by atoms with Gasteiger partial charge in [-0.1, -0.05) is 35.9 Å². The Hall–Kier alpha value is -2.68. The minimum absolute atomic E-state index is 0.0507. The van der Waals surface area contributed by atoms with Gasteiger partial charge >= 0.3 is 0 Å². The maximum absolute atomic E-state index is 12.6. The number of carbonyl (C=O) groups excluding carboxylic acids is 1. The molecule has 0 bridgehead atoms. The van der Waals surface area contributed by atoms with Crippen LogP contribution in [0, 0.1) is 6.92 Å². The second-order valence-electron chi connectivity index (χ2n) is 5.46. The predicted octanol–water partition coefficient (Wildman–Crippen LogP) is 3.55. The van der Waals surface area contributed by atoms with Gasteiger partial charge in [0, 0.05) is 36.6 Å². The predicted molar refractivity (Wildman–Crippen MR) is 87.1 cm³/mol. The SMILES string of the molecule is Cc1ccc(C(=O)c2ccc(Cc3ccccn3)n2C)cc1. The molecule has 0 unspecified atom stereocenters. The third kappa shape index (κ3) is 2.84. The van der Waals surface area contributed by atoms with Crippen molar-refractivity contribution >= 4 is 5.78 Å². The molecule has 0 N–H and O–H groups in total. The van der Waals surface area contributed by atoms with Gasteiger partial charge in [-0.15, -0.1) is 0 Å². The van der Waals surface area contributed by atoms with Gasteiger partial charge in [-0.2, -0.15) is 0 Å². The summed E-state index contributed by atoms with van der Waals surface area (Å²) < 4.78 is 1.96. The molecule has 0 aliphatic rings. The first-order valence-corrected chi connectivity index (χ1v) is 7.31. The molecule has 0 aliphatic heterocycles. The monoisotopic (exact) mass is 290 g/mol. The lowest BCUT2D eigenvalue weighted by atomic mass is 10.1. The van der Waals surface area contributed by atoms with Crippen molar-refractivity contribution in [3.8, 4) is 0 Å². The van der Waals surface area contributed by atoms with Crippen LogP contribution in [-0.4, -0.2) is 15.3 Å². The van der Waals surface area contributed by atoms with Gasteiger partial charge in [0.05, 0.1) is 5.69 Å². The topological polar surface area (TPSA) is 34.9 Å². The van der Waals surface area contributed by atoms with Crippen molar-refractivity contribution in [1.29, 1.82) is 0 Å². The van der Waals surface area contributed by atoms with Crippen LogP contribution in [0.5, 0.6) is 0 Å². The van der Waals surface area contributed by atoms with Crippen LogP contribution in [0.3, 0.4) is 0 Å². The fourth-order valence-electron chi connectivity index (χ4n) is 2.50. The minimum atomic E-state index is 0.0507. The van der Waals surface area contributed by atoms with E-state index in [-0.39, 0.29) is 5.78 Å². The van der Waals surface area contributed by atoms with E-state index in [1.165, 1.54) is 0 Å². The Bertz CT molecular complexity index is 786. The van der Waals surface area contributed by atoms with E-state index in [0.717, 1.165) is 28.9 Å². The number of pyridine rings is 1. The van der Waals surface area contributed by atoms with Crippen LogP contribution in [0.1, 0.15) is 33.0 Å². The number of aryl methyl sites for hydroxylation is 1. The van der Waals surface area contributed by atoms with Crippen molar-refractivity contribution < 1.29 is 4.79 Å². The second-order valence-corrected chi connectivity index (χ2v) is 5.46. The molecule has 3 aromatic rings. The van der Waals surface area contributed by atoms with Gasteiger partial charge in [0.1, 0.15) is 0 Å². The van der Waals surface area contributed by atoms with E-state index in [0.29, 0.717) is 5.69 Å². The Morgan fingerprint density at radius 1 is 1.05 bits per heavy atom. The van der Waals surface area contributed by atoms with Gasteiger partial charge in [-0.3, -0.25) is 9.78 Å². The summed E-state index contributed by atoms with van der Waals surface area (Å²) in [5.41, 5.74) is 4.65. The zero-order valence-electron chi connectivity index (χ0n) is 12.8. The van der Waals surface area contributed by atoms with Crippen LogP contribution in [0.2, 0.25) is 0 Å². The lowest BCUT2D eigenvalue weighted by Gasteiger charge is -2.07. The van der Waals surface area contributed by atoms with Crippen LogP contribution in [0.25, 0.3) is 0 Å². The highest BCUT2D eigenvalue weighted by Gasteiger charge is 2.14. The number of hydrogen-bond acceptors (Lipinski definition) is 2. The first-order valence-electron chi connectivity index (χ1n) is 7.31. The highest BCUT2D eigenvalue weighted by molar-refractivity contribution is 6.08. The molecule has 2 aromatic heterocycles. The summed E-state index contributed by atoms with van der Waals surface area (Å²) in [6, 6.07) is 17.4. The maximum atomic E-state index is 12.6. The zero-order chi connectivity index (χ0) is 15.5. The van der Waals surface area contributed by atoms with Gasteiger partial charge in [0.2, 0.25) is 5.78 Å². The molecule has 1 aromatic carbocycles. The number of ketones is 1. The Labute approximate surface area is 130 Å². The molecule has 0 fully saturated rings. The molecule has 110 valence electrons. The van der Waals surface area contributed by atoms with E-state index in [4.69, 9.17) is 0 Å². The Kier molecular flexibility index (Phi) is 3.88. The van der Waals surface area contributed by atoms with Crippen molar-refractivity contribution in [1.82, 2.24) is 9.55 Å². The number of hydrogen-bond donors (Lipinski definition) is 0. The summed E-state index contributed by atoms with van der Waals surface area (Å²) in [6.45, 7) is 2.02. The lowest BCUT2D eigenvalue weighted by molar-refractivity contribution is 0.103. The number of nitrogens with zero attached hydrogens (tertiary/aromatic N) is 2. The summed E-state index contributed by atoms with van der Waals surface area (Å²) in [7, 11) is 1.93. The molecular weight excluding hydrogens is 272 g/mol. The maximum Gasteiger partial charge on any atom is 0.209 e. The fourth-order valence-corrected chi connectivity index (χ4v) is 2.50. The normalized spacial score (nSPS) is 10.6. The first kappa shape index (κ1) is 14.3. The fraction of sp³-hybridized carbons (Fsp3) is 0.158. The molecule has 22 heavy (non-hydrogen) atoms. The standard InChI is InChI=1S/C19H18N2O/c1-14-6-8-15(9-7-14)19(22)18-11-10-17(21(18)2)13-16-5-3-4-12-20-16/h3-12H,13H2,1-2H3. The van der Waals surface area contributed by atoms with E-state index in [2.05, 4.69) is 4.98 Å². The summed E-state index contributed by atoms with van der Waals surface area (Å²) in [6.07, 6.45) is 2.51. The molecule has 2 heterocycles. The molecule has 0 spiro atoms. The molecular formula is C19H18N2O. The number of benzene rings is 1. The number of carbonyl (C=O) groups is 1. The van der Waals surface area contributed by atoms with Gasteiger partial charge in [0.15, 0.2) is 0 Å². The van der Waals surface area contributed by atoms with Crippen LogP contribution in [-0.2, 0) is 13.5 Å². The van der Waals surface area contributed by atoms with Gasteiger partial charge in [-0.25, -0.2) is 0 Å². The quantitative estimate of drug-likeness (QED) is 0.689. The van der Waals surface area contributed by atoms with Gasteiger partial charge in [-0.05, 0) is 31.2 Å². The first-order chi connectivity index (χ1) is 10.6. The average molecular weight is 290 g/mol. The van der Waals surface area contributed by atoms with Gasteiger partial charge in [0.25, 0.3) is 0 Å². The third-order valence-corrected chi connectivity index (χ3v) is 3.86. The van der Waals surface area contributed by atoms with Crippen molar-refractivity contribution in [2.75, 3.05) is 0 Å². The second kappa shape index (κ2) is 5.98. The highest BCUT2D eigenvalue weighted by atomic mass is 16.1. The Morgan fingerprint density at radius 3 is 2.50 bits per heavy atom.